The minimum atomic E-state index is -4.68. The molecule has 1 fully saturated rings. The number of amides is 2. The second-order valence-corrected chi connectivity index (χ2v) is 12.8. The van der Waals surface area contributed by atoms with Gasteiger partial charge in [-0.05, 0) is 42.5 Å². The first kappa shape index (κ1) is 30.6. The first-order valence-electron chi connectivity index (χ1n) is 13.4. The number of halogens is 2. The highest BCUT2D eigenvalue weighted by molar-refractivity contribution is 7.93. The van der Waals surface area contributed by atoms with E-state index in [-0.39, 0.29) is 51.2 Å². The van der Waals surface area contributed by atoms with Crippen LogP contribution in [0.15, 0.2) is 65.6 Å². The maximum Gasteiger partial charge on any atom is 0.312 e. The number of likely N-dealkylation sites (tertiary alicyclic amines) is 1. The average molecular weight is 633 g/mol. The summed E-state index contributed by atoms with van der Waals surface area (Å²) >= 11 is 6.52. The van der Waals surface area contributed by atoms with E-state index in [9.17, 15) is 13.2 Å². The molecule has 0 aliphatic carbocycles. The number of ether oxygens (including phenoxy) is 3. The number of nitrogens with one attached hydrogen (secondary N) is 1. The van der Waals surface area contributed by atoms with Crippen molar-refractivity contribution in [2.24, 2.45) is 0 Å². The van der Waals surface area contributed by atoms with E-state index in [2.05, 4.69) is 5.32 Å². The number of nitrogens with zero attached hydrogens (tertiary/aromatic N) is 2. The summed E-state index contributed by atoms with van der Waals surface area (Å²) in [6.07, 6.45) is -1.66. The Morgan fingerprint density at radius 1 is 1.02 bits per heavy atom. The van der Waals surface area contributed by atoms with Gasteiger partial charge in [-0.15, -0.1) is 0 Å². The number of alkyl halides is 1. The van der Waals surface area contributed by atoms with Crippen LogP contribution < -0.4 is 23.8 Å². The predicted octanol–water partition coefficient (Wildman–Crippen LogP) is 3.65. The van der Waals surface area contributed by atoms with Crippen LogP contribution in [0.1, 0.15) is 17.5 Å². The van der Waals surface area contributed by atoms with Crippen LogP contribution in [0.3, 0.4) is 0 Å². The molecule has 0 aromatic heterocycles. The standard InChI is InChI=1S/C30H31ClFN3O7S/c1-33-28(36)24-15-19(32)17-35(24,2)30(21-8-6-7-9-25(21)41-4)22-14-18(31)10-12-23(22)34(29(30)37)43(38,39)27-13-11-20(40-3)16-26(27)42-5/h6-14,16,19,24H,15,17H2,1-5H3/p+1/t19?,24-,30?,35?/m1/s1. The SMILES string of the molecule is CNC(=O)[C@H]1CC(F)C[N+]1(C)C1(c2ccccc2OC)C(=O)N(S(=O)(=O)c2ccc(OC)cc2OC)c2ccc(Cl)cc21. The van der Waals surface area contributed by atoms with Crippen molar-refractivity contribution in [3.63, 3.8) is 0 Å². The third kappa shape index (κ3) is 4.34. The van der Waals surface area contributed by atoms with Gasteiger partial charge in [0.05, 0.1) is 45.2 Å². The third-order valence-electron chi connectivity index (χ3n) is 8.51. The van der Waals surface area contributed by atoms with Crippen LogP contribution in [0.25, 0.3) is 0 Å². The van der Waals surface area contributed by atoms with E-state index < -0.39 is 44.1 Å². The molecule has 2 aliphatic heterocycles. The van der Waals surface area contributed by atoms with Crippen molar-refractivity contribution in [1.82, 2.24) is 5.32 Å². The summed E-state index contributed by atoms with van der Waals surface area (Å²) in [5.74, 6) is -0.868. The van der Waals surface area contributed by atoms with Gasteiger partial charge in [0.1, 0.15) is 28.7 Å². The van der Waals surface area contributed by atoms with Gasteiger partial charge >= 0.3 is 5.91 Å². The van der Waals surface area contributed by atoms with Gasteiger partial charge in [0, 0.05) is 24.6 Å². The molecule has 13 heteroatoms. The number of carbonyl (C=O) groups is 2. The lowest BCUT2D eigenvalue weighted by Gasteiger charge is -2.48. The molecule has 1 N–H and O–H groups in total. The summed E-state index contributed by atoms with van der Waals surface area (Å²) in [6.45, 7) is -0.270. The molecule has 2 aliphatic rings. The summed E-state index contributed by atoms with van der Waals surface area (Å²) in [5, 5.41) is 2.81. The molecule has 43 heavy (non-hydrogen) atoms. The van der Waals surface area contributed by atoms with Crippen molar-refractivity contribution in [2.45, 2.75) is 29.1 Å². The molecule has 0 radical (unpaired) electrons. The highest BCUT2D eigenvalue weighted by atomic mass is 35.5. The zero-order valence-electron chi connectivity index (χ0n) is 24.3. The van der Waals surface area contributed by atoms with Crippen LogP contribution in [-0.2, 0) is 25.2 Å². The van der Waals surface area contributed by atoms with Crippen molar-refractivity contribution in [1.29, 1.82) is 0 Å². The van der Waals surface area contributed by atoms with Crippen LogP contribution in [0, 0.1) is 0 Å². The molecule has 2 amide bonds. The van der Waals surface area contributed by atoms with Crippen LogP contribution in [0.2, 0.25) is 5.02 Å². The van der Waals surface area contributed by atoms with Gasteiger partial charge in [-0.1, -0.05) is 23.7 Å². The molecule has 0 bridgehead atoms. The maximum absolute atomic E-state index is 15.5. The quantitative estimate of drug-likeness (QED) is 0.378. The van der Waals surface area contributed by atoms with E-state index in [0.29, 0.717) is 10.1 Å². The van der Waals surface area contributed by atoms with Crippen LogP contribution in [0.4, 0.5) is 10.1 Å². The van der Waals surface area contributed by atoms with E-state index in [0.717, 1.165) is 0 Å². The van der Waals surface area contributed by atoms with Crippen LogP contribution in [-0.4, -0.2) is 78.9 Å². The minimum Gasteiger partial charge on any atom is -0.497 e. The van der Waals surface area contributed by atoms with Gasteiger partial charge in [-0.25, -0.2) is 12.8 Å². The molecule has 3 aromatic carbocycles. The molecule has 228 valence electrons. The monoisotopic (exact) mass is 632 g/mol. The number of para-hydroxylation sites is 1. The first-order valence-corrected chi connectivity index (χ1v) is 15.2. The molecule has 3 aromatic rings. The van der Waals surface area contributed by atoms with Crippen LogP contribution >= 0.6 is 11.6 Å². The fraction of sp³-hybridized carbons (Fsp3) is 0.333. The molecule has 2 heterocycles. The van der Waals surface area contributed by atoms with E-state index in [1.54, 1.807) is 31.3 Å². The summed E-state index contributed by atoms with van der Waals surface area (Å²) < 4.78 is 61.2. The molecule has 4 atom stereocenters. The Morgan fingerprint density at radius 2 is 1.72 bits per heavy atom. The molecule has 5 rings (SSSR count). The second-order valence-electron chi connectivity index (χ2n) is 10.6. The lowest BCUT2D eigenvalue weighted by molar-refractivity contribution is -0.953. The van der Waals surface area contributed by atoms with Gasteiger partial charge in [0.25, 0.3) is 15.9 Å². The van der Waals surface area contributed by atoms with Crippen molar-refractivity contribution in [3.8, 4) is 17.2 Å². The number of benzene rings is 3. The molecular formula is C30H32ClFN3O7S+. The molecule has 1 saturated heterocycles. The number of carbonyl (C=O) groups excluding carboxylic acids is 2. The fourth-order valence-corrected chi connectivity index (χ4v) is 8.41. The Kier molecular flexibility index (Phi) is 7.82. The predicted molar refractivity (Wildman–Crippen MR) is 158 cm³/mol. The van der Waals surface area contributed by atoms with Crippen molar-refractivity contribution < 1.29 is 41.1 Å². The Morgan fingerprint density at radius 3 is 2.37 bits per heavy atom. The van der Waals surface area contributed by atoms with Crippen molar-refractivity contribution >= 4 is 39.1 Å². The zero-order chi connectivity index (χ0) is 31.3. The van der Waals surface area contributed by atoms with Gasteiger partial charge in [-0.3, -0.25) is 14.1 Å². The Labute approximate surface area is 254 Å². The van der Waals surface area contributed by atoms with E-state index in [1.165, 1.54) is 64.8 Å². The molecular weight excluding hydrogens is 601 g/mol. The summed E-state index contributed by atoms with van der Waals surface area (Å²) in [4.78, 5) is 28.3. The molecule has 10 nitrogen and oxygen atoms in total. The number of anilines is 1. The second kappa shape index (κ2) is 11.0. The van der Waals surface area contributed by atoms with Crippen LogP contribution in [0.5, 0.6) is 17.2 Å². The average Bonchev–Trinajstić information content (AvgIpc) is 3.46. The third-order valence-corrected chi connectivity index (χ3v) is 10.5. The number of fused-ring (bicyclic) bond motifs is 1. The number of hydrogen-bond donors (Lipinski definition) is 1. The largest absolute Gasteiger partial charge is 0.497 e. The van der Waals surface area contributed by atoms with E-state index >= 15 is 9.18 Å². The lowest BCUT2D eigenvalue weighted by Crippen LogP contribution is -2.69. The Bertz CT molecular complexity index is 1720. The zero-order valence-corrected chi connectivity index (χ0v) is 25.8. The smallest absolute Gasteiger partial charge is 0.312 e. The topological polar surface area (TPSA) is 111 Å². The lowest BCUT2D eigenvalue weighted by atomic mass is 9.78. The van der Waals surface area contributed by atoms with E-state index in [4.69, 9.17) is 25.8 Å². The van der Waals surface area contributed by atoms with Crippen molar-refractivity contribution in [3.05, 3.63) is 76.8 Å². The first-order chi connectivity index (χ1) is 20.4. The van der Waals surface area contributed by atoms with Gasteiger partial charge in [-0.2, -0.15) is 4.31 Å². The van der Waals surface area contributed by atoms with E-state index in [1.807, 2.05) is 0 Å². The normalized spacial score (nSPS) is 24.9. The summed E-state index contributed by atoms with van der Waals surface area (Å²) in [7, 11) is 2.50. The minimum absolute atomic E-state index is 0.00971. The fourth-order valence-electron chi connectivity index (χ4n) is 6.64. The van der Waals surface area contributed by atoms with Gasteiger partial charge < -0.3 is 19.5 Å². The molecule has 0 spiro atoms. The number of methoxy groups -OCH3 is 3. The number of likely N-dealkylation sites (N-methyl/N-ethyl adjacent to an activating group) is 2. The highest BCUT2D eigenvalue weighted by Gasteiger charge is 2.72. The highest BCUT2D eigenvalue weighted by Crippen LogP contribution is 2.58. The number of hydrogen-bond acceptors (Lipinski definition) is 7. The summed E-state index contributed by atoms with van der Waals surface area (Å²) in [6, 6.07) is 14.1. The van der Waals surface area contributed by atoms with Gasteiger partial charge in [0.2, 0.25) is 5.54 Å². The summed E-state index contributed by atoms with van der Waals surface area (Å²) in [5.41, 5.74) is -1.51. The Hall–Kier alpha value is -3.87. The number of sulfonamides is 1. The maximum atomic E-state index is 15.5. The number of rotatable bonds is 8. The number of quaternary nitrogens is 1. The van der Waals surface area contributed by atoms with Crippen molar-refractivity contribution in [2.75, 3.05) is 46.3 Å². The Balaban J connectivity index is 1.90. The van der Waals surface area contributed by atoms with Gasteiger partial charge in [0.15, 0.2) is 12.2 Å². The molecule has 3 unspecified atom stereocenters. The molecule has 0 saturated carbocycles.